The van der Waals surface area contributed by atoms with Crippen LogP contribution in [0.4, 0.5) is 4.39 Å². The van der Waals surface area contributed by atoms with Crippen molar-refractivity contribution in [2.75, 3.05) is 73.2 Å². The molecule has 2 fully saturated rings. The molecule has 0 spiro atoms. The van der Waals surface area contributed by atoms with Crippen LogP contribution in [0.3, 0.4) is 0 Å². The lowest BCUT2D eigenvalue weighted by atomic mass is 9.81. The molecule has 0 amide bonds. The molecule has 0 radical (unpaired) electrons. The first-order chi connectivity index (χ1) is 31.1. The summed E-state index contributed by atoms with van der Waals surface area (Å²) in [5, 5.41) is 12.0. The van der Waals surface area contributed by atoms with Gasteiger partial charge in [-0.05, 0) is 78.0 Å². The summed E-state index contributed by atoms with van der Waals surface area (Å²) in [6.45, 7) is 10.6. The minimum Gasteiger partial charge on any atom is -0.487 e. The number of carboxylic acids is 1. The quantitative estimate of drug-likeness (QED) is 0.131. The highest BCUT2D eigenvalue weighted by molar-refractivity contribution is 7.22. The van der Waals surface area contributed by atoms with Gasteiger partial charge in [-0.2, -0.15) is 0 Å². The lowest BCUT2D eigenvalue weighted by Crippen LogP contribution is -2.48. The third-order valence-corrected chi connectivity index (χ3v) is 14.3. The van der Waals surface area contributed by atoms with E-state index in [9.17, 15) is 14.3 Å². The number of benzene rings is 3. The highest BCUT2D eigenvalue weighted by Gasteiger charge is 2.43. The van der Waals surface area contributed by atoms with Crippen molar-refractivity contribution >= 4 is 39.1 Å². The molecular formula is C48H51ClFN7O6S. The third-order valence-electron chi connectivity index (χ3n) is 12.6. The Balaban J connectivity index is 1.12. The predicted octanol–water partition coefficient (Wildman–Crippen LogP) is 7.44. The zero-order valence-electron chi connectivity index (χ0n) is 36.2. The number of carbonyl (C=O) groups is 1. The SMILES string of the molecule is COCCC1(c2nccc(COc3ccc4cc3C[C@H](C(=O)O)Oc3ncnc5sc(-c6ccc(F)cc6)c(c35)-c3ccc(c(Cl)c3C)CN(CCN3CCN(C)CC3)C4)n2)COC1. The summed E-state index contributed by atoms with van der Waals surface area (Å²) in [6.07, 6.45) is 2.46. The van der Waals surface area contributed by atoms with Gasteiger partial charge in [-0.3, -0.25) is 9.80 Å². The van der Waals surface area contributed by atoms with Crippen molar-refractivity contribution in [1.82, 2.24) is 34.6 Å². The molecule has 0 saturated carbocycles. The maximum atomic E-state index is 14.3. The van der Waals surface area contributed by atoms with Gasteiger partial charge in [0.1, 0.15) is 35.2 Å². The summed E-state index contributed by atoms with van der Waals surface area (Å²) in [4.78, 5) is 40.7. The molecule has 2 saturated heterocycles. The summed E-state index contributed by atoms with van der Waals surface area (Å²) in [7, 11) is 3.84. The molecule has 64 heavy (non-hydrogen) atoms. The van der Waals surface area contributed by atoms with Gasteiger partial charge in [-0.1, -0.05) is 48.0 Å². The van der Waals surface area contributed by atoms with E-state index in [1.807, 2.05) is 31.2 Å². The zero-order valence-corrected chi connectivity index (χ0v) is 37.8. The standard InChI is InChI=1S/C48H51ClFN7O6S/c1-30-37-10-7-33(42(30)49)25-57(20-19-56-17-15-55(2)16-18-56)24-31-4-11-38(62-26-36-12-14-51-47(54-36)48(13-21-60-3)27-61-28-48)34(22-31)23-39(46(58)59)63-44-41-40(37)43(64-45(41)53-29-52-44)32-5-8-35(50)9-6-32/h4-12,14,22,29,39H,13,15-21,23-28H2,1-3H3,(H,58,59)/t39-/m1/s1. The van der Waals surface area contributed by atoms with Crippen molar-refractivity contribution in [3.05, 3.63) is 118 Å². The fourth-order valence-electron chi connectivity index (χ4n) is 8.72. The maximum Gasteiger partial charge on any atom is 0.345 e. The molecule has 3 aromatic carbocycles. The topological polar surface area (TPSA) is 136 Å². The number of hydrogen-bond acceptors (Lipinski definition) is 13. The van der Waals surface area contributed by atoms with Crippen LogP contribution in [0.25, 0.3) is 31.8 Å². The molecule has 1 atom stereocenters. The molecule has 10 rings (SSSR count). The Morgan fingerprint density at radius 1 is 0.984 bits per heavy atom. The number of likely N-dealkylation sites (N-methyl/N-ethyl adjacent to an activating group) is 1. The van der Waals surface area contributed by atoms with Gasteiger partial charge in [0.05, 0.1) is 29.7 Å². The molecule has 3 aromatic heterocycles. The van der Waals surface area contributed by atoms with E-state index < -0.39 is 12.1 Å². The average molecular weight is 908 g/mol. The number of hydrogen-bond donors (Lipinski definition) is 1. The van der Waals surface area contributed by atoms with Crippen LogP contribution in [0.2, 0.25) is 5.02 Å². The second kappa shape index (κ2) is 19.1. The van der Waals surface area contributed by atoms with Crippen LogP contribution in [0.1, 0.15) is 40.2 Å². The van der Waals surface area contributed by atoms with Gasteiger partial charge >= 0.3 is 5.97 Å². The number of nitrogens with zero attached hydrogens (tertiary/aromatic N) is 7. The highest BCUT2D eigenvalue weighted by atomic mass is 35.5. The van der Waals surface area contributed by atoms with Gasteiger partial charge < -0.3 is 29.0 Å². The zero-order chi connectivity index (χ0) is 44.4. The predicted molar refractivity (Wildman–Crippen MR) is 244 cm³/mol. The number of aromatic nitrogens is 4. The Labute approximate surface area is 380 Å². The first-order valence-electron chi connectivity index (χ1n) is 21.6. The highest BCUT2D eigenvalue weighted by Crippen LogP contribution is 2.49. The van der Waals surface area contributed by atoms with E-state index in [0.29, 0.717) is 71.0 Å². The number of thiophene rings is 1. The van der Waals surface area contributed by atoms with Crippen LogP contribution in [0.5, 0.6) is 11.6 Å². The average Bonchev–Trinajstić information content (AvgIpc) is 3.67. The fraction of sp³-hybridized carbons (Fsp3) is 0.396. The summed E-state index contributed by atoms with van der Waals surface area (Å²) in [5.41, 5.74) is 6.18. The summed E-state index contributed by atoms with van der Waals surface area (Å²) >= 11 is 8.78. The van der Waals surface area contributed by atoms with Crippen LogP contribution in [0.15, 0.2) is 73.2 Å². The summed E-state index contributed by atoms with van der Waals surface area (Å²) in [5.74, 6) is -0.199. The molecule has 4 bridgehead atoms. The number of aliphatic carboxylic acids is 1. The number of methoxy groups -OCH3 is 1. The van der Waals surface area contributed by atoms with Crippen molar-refractivity contribution in [2.24, 2.45) is 0 Å². The Bertz CT molecular complexity index is 2640. The monoisotopic (exact) mass is 907 g/mol. The Morgan fingerprint density at radius 3 is 2.53 bits per heavy atom. The van der Waals surface area contributed by atoms with Gasteiger partial charge in [0.15, 0.2) is 0 Å². The first-order valence-corrected chi connectivity index (χ1v) is 22.7. The molecule has 0 aliphatic carbocycles. The van der Waals surface area contributed by atoms with Crippen molar-refractivity contribution < 1.29 is 33.2 Å². The minimum atomic E-state index is -1.36. The van der Waals surface area contributed by atoms with Gasteiger partial charge in [-0.15, -0.1) is 11.3 Å². The number of ether oxygens (including phenoxy) is 4. The molecule has 6 aromatic rings. The normalized spacial score (nSPS) is 18.2. The Kier molecular flexibility index (Phi) is 13.2. The number of piperazine rings is 1. The van der Waals surface area contributed by atoms with Crippen LogP contribution >= 0.6 is 22.9 Å². The Hall–Kier alpha value is -5.13. The molecule has 4 aliphatic rings. The van der Waals surface area contributed by atoms with E-state index in [2.05, 4.69) is 48.8 Å². The molecule has 0 unspecified atom stereocenters. The van der Waals surface area contributed by atoms with Crippen molar-refractivity contribution in [2.45, 2.75) is 51.0 Å². The molecule has 13 nitrogen and oxygen atoms in total. The van der Waals surface area contributed by atoms with E-state index in [0.717, 1.165) is 83.9 Å². The van der Waals surface area contributed by atoms with Gasteiger partial charge in [0, 0.05) is 94.2 Å². The van der Waals surface area contributed by atoms with Crippen LogP contribution < -0.4 is 9.47 Å². The largest absolute Gasteiger partial charge is 0.487 e. The minimum absolute atomic E-state index is 0.0271. The second-order valence-electron chi connectivity index (χ2n) is 17.0. The number of halogens is 2. The third kappa shape index (κ3) is 9.34. The van der Waals surface area contributed by atoms with E-state index in [-0.39, 0.29) is 30.1 Å². The van der Waals surface area contributed by atoms with E-state index in [1.54, 1.807) is 25.4 Å². The smallest absolute Gasteiger partial charge is 0.345 e. The fourth-order valence-corrected chi connectivity index (χ4v) is 10.1. The Morgan fingerprint density at radius 2 is 1.78 bits per heavy atom. The van der Waals surface area contributed by atoms with E-state index in [4.69, 9.17) is 35.5 Å². The van der Waals surface area contributed by atoms with E-state index in [1.165, 1.54) is 29.8 Å². The van der Waals surface area contributed by atoms with Gasteiger partial charge in [-0.25, -0.2) is 29.1 Å². The molecule has 16 heteroatoms. The van der Waals surface area contributed by atoms with Gasteiger partial charge in [0.25, 0.3) is 0 Å². The van der Waals surface area contributed by atoms with E-state index >= 15 is 0 Å². The van der Waals surface area contributed by atoms with Crippen molar-refractivity contribution in [3.8, 4) is 33.2 Å². The van der Waals surface area contributed by atoms with Crippen LogP contribution in [0, 0.1) is 12.7 Å². The van der Waals surface area contributed by atoms with Crippen molar-refractivity contribution in [1.29, 1.82) is 0 Å². The number of rotatable bonds is 12. The molecular weight excluding hydrogens is 857 g/mol. The second-order valence-corrected chi connectivity index (χ2v) is 18.4. The number of carboxylic acid groups (broad SMARTS) is 1. The first kappa shape index (κ1) is 44.1. The molecule has 334 valence electrons. The number of fused-ring (bicyclic) bond motifs is 6. The lowest BCUT2D eigenvalue weighted by Gasteiger charge is -2.39. The maximum absolute atomic E-state index is 14.3. The molecule has 1 N–H and O–H groups in total. The summed E-state index contributed by atoms with van der Waals surface area (Å²) < 4.78 is 38.3. The molecule has 4 aliphatic heterocycles. The van der Waals surface area contributed by atoms with Gasteiger partial charge in [0.2, 0.25) is 12.0 Å². The van der Waals surface area contributed by atoms with Crippen LogP contribution in [-0.4, -0.2) is 125 Å². The summed E-state index contributed by atoms with van der Waals surface area (Å²) in [6, 6.07) is 18.2. The lowest BCUT2D eigenvalue weighted by molar-refractivity contribution is -0.145. The van der Waals surface area contributed by atoms with Crippen LogP contribution in [-0.2, 0) is 45.8 Å². The van der Waals surface area contributed by atoms with Crippen molar-refractivity contribution in [3.63, 3.8) is 0 Å². The molecule has 7 heterocycles.